The quantitative estimate of drug-likeness (QED) is 0.220. The molecule has 0 saturated heterocycles. The highest BCUT2D eigenvalue weighted by Crippen LogP contribution is 2.39. The van der Waals surface area contributed by atoms with Gasteiger partial charge in [-0.05, 0) is 79.0 Å². The van der Waals surface area contributed by atoms with E-state index in [9.17, 15) is 27.6 Å². The normalized spacial score (nSPS) is 17.3. The zero-order chi connectivity index (χ0) is 30.2. The van der Waals surface area contributed by atoms with Gasteiger partial charge in [0.25, 0.3) is 5.91 Å². The summed E-state index contributed by atoms with van der Waals surface area (Å²) >= 11 is 0. The molecular formula is C29H37F3N4O5. The third-order valence-corrected chi connectivity index (χ3v) is 7.29. The second kappa shape index (κ2) is 13.7. The van der Waals surface area contributed by atoms with Crippen molar-refractivity contribution in [3.8, 4) is 5.75 Å². The van der Waals surface area contributed by atoms with Gasteiger partial charge in [0.05, 0.1) is 0 Å². The number of amides is 4. The zero-order valence-electron chi connectivity index (χ0n) is 23.4. The Morgan fingerprint density at radius 2 is 1.56 bits per heavy atom. The van der Waals surface area contributed by atoms with Gasteiger partial charge >= 0.3 is 12.4 Å². The van der Waals surface area contributed by atoms with Crippen molar-refractivity contribution in [3.05, 3.63) is 59.7 Å². The van der Waals surface area contributed by atoms with E-state index in [1.54, 1.807) is 29.2 Å². The lowest BCUT2D eigenvalue weighted by Crippen LogP contribution is -2.45. The van der Waals surface area contributed by atoms with Crippen LogP contribution >= 0.6 is 0 Å². The lowest BCUT2D eigenvalue weighted by atomic mass is 9.71. The molecule has 1 aliphatic rings. The van der Waals surface area contributed by atoms with Gasteiger partial charge in [0.2, 0.25) is 5.91 Å². The number of halogens is 3. The molecule has 0 bridgehead atoms. The number of benzene rings is 2. The van der Waals surface area contributed by atoms with E-state index >= 15 is 0 Å². The smallest absolute Gasteiger partial charge is 0.406 e. The van der Waals surface area contributed by atoms with Crippen LogP contribution in [0.4, 0.5) is 23.7 Å². The molecule has 224 valence electrons. The molecule has 1 fully saturated rings. The minimum Gasteiger partial charge on any atom is -0.406 e. The van der Waals surface area contributed by atoms with Crippen molar-refractivity contribution in [1.82, 2.24) is 15.7 Å². The Hall–Kier alpha value is -3.80. The van der Waals surface area contributed by atoms with Crippen molar-refractivity contribution in [1.29, 1.82) is 0 Å². The standard InChI is InChI=1S/C29H37F3N4O5/c1-28(2,3)21-8-12-23(13-9-21)36(27(39)34-22-10-14-24(15-11-22)41-29(30,31)32)18-19-4-6-20(7-5-19)26(38)33-17-16-25(37)35-40/h4-7,10-11,14-15,21,23,40H,8-9,12-13,16-18H2,1-3H3,(H,33,38)(H,34,39)(H,35,37). The zero-order valence-corrected chi connectivity index (χ0v) is 23.4. The molecule has 0 spiro atoms. The molecule has 0 unspecified atom stereocenters. The van der Waals surface area contributed by atoms with Gasteiger partial charge in [0.15, 0.2) is 0 Å². The van der Waals surface area contributed by atoms with Crippen LogP contribution in [0.1, 0.15) is 68.8 Å². The second-order valence-electron chi connectivity index (χ2n) is 11.2. The number of hydroxylamine groups is 1. The Bertz CT molecular complexity index is 1170. The number of hydrogen-bond acceptors (Lipinski definition) is 5. The first-order chi connectivity index (χ1) is 19.2. The average Bonchev–Trinajstić information content (AvgIpc) is 2.91. The van der Waals surface area contributed by atoms with Crippen LogP contribution in [0.25, 0.3) is 0 Å². The number of hydrogen-bond donors (Lipinski definition) is 4. The van der Waals surface area contributed by atoms with Crippen LogP contribution in [0.2, 0.25) is 0 Å². The molecule has 1 saturated carbocycles. The van der Waals surface area contributed by atoms with Crippen LogP contribution in [0.3, 0.4) is 0 Å². The van der Waals surface area contributed by atoms with E-state index in [0.717, 1.165) is 43.4 Å². The summed E-state index contributed by atoms with van der Waals surface area (Å²) in [5.74, 6) is -0.837. The summed E-state index contributed by atoms with van der Waals surface area (Å²) in [7, 11) is 0. The fourth-order valence-electron chi connectivity index (χ4n) is 4.96. The number of alkyl halides is 3. The largest absolute Gasteiger partial charge is 0.573 e. The molecule has 3 rings (SSSR count). The molecule has 41 heavy (non-hydrogen) atoms. The van der Waals surface area contributed by atoms with Crippen molar-refractivity contribution in [2.75, 3.05) is 11.9 Å². The first-order valence-electron chi connectivity index (χ1n) is 13.5. The van der Waals surface area contributed by atoms with Crippen molar-refractivity contribution < 1.29 is 37.5 Å². The fraction of sp³-hybridized carbons (Fsp3) is 0.483. The molecule has 1 aliphatic carbocycles. The van der Waals surface area contributed by atoms with Crippen LogP contribution in [0, 0.1) is 11.3 Å². The number of urea groups is 1. The average molecular weight is 579 g/mol. The van der Waals surface area contributed by atoms with Crippen LogP contribution < -0.4 is 20.9 Å². The van der Waals surface area contributed by atoms with Gasteiger partial charge in [0, 0.05) is 36.8 Å². The summed E-state index contributed by atoms with van der Waals surface area (Å²) in [5, 5.41) is 13.9. The van der Waals surface area contributed by atoms with E-state index in [2.05, 4.69) is 36.1 Å². The summed E-state index contributed by atoms with van der Waals surface area (Å²) in [5.41, 5.74) is 3.17. The summed E-state index contributed by atoms with van der Waals surface area (Å²) in [6.07, 6.45) is -1.31. The second-order valence-corrected chi connectivity index (χ2v) is 11.2. The summed E-state index contributed by atoms with van der Waals surface area (Å²) < 4.78 is 41.4. The predicted octanol–water partition coefficient (Wildman–Crippen LogP) is 5.85. The first-order valence-corrected chi connectivity index (χ1v) is 13.5. The lowest BCUT2D eigenvalue weighted by molar-refractivity contribution is -0.274. The number of nitrogens with one attached hydrogen (secondary N) is 3. The Morgan fingerprint density at radius 1 is 0.951 bits per heavy atom. The fourth-order valence-corrected chi connectivity index (χ4v) is 4.96. The number of rotatable bonds is 9. The Balaban J connectivity index is 1.71. The van der Waals surface area contributed by atoms with E-state index < -0.39 is 12.3 Å². The Labute approximate surface area is 237 Å². The van der Waals surface area contributed by atoms with Gasteiger partial charge in [-0.1, -0.05) is 32.9 Å². The molecule has 9 nitrogen and oxygen atoms in total. The SMILES string of the molecule is CC(C)(C)C1CCC(N(Cc2ccc(C(=O)NCCC(=O)NO)cc2)C(=O)Nc2ccc(OC(F)(F)F)cc2)CC1. The minimum atomic E-state index is -4.81. The summed E-state index contributed by atoms with van der Waals surface area (Å²) in [6.45, 7) is 6.97. The van der Waals surface area contributed by atoms with E-state index in [-0.39, 0.29) is 48.7 Å². The number of carbonyl (C=O) groups is 3. The van der Waals surface area contributed by atoms with Gasteiger partial charge < -0.3 is 20.3 Å². The molecule has 0 heterocycles. The van der Waals surface area contributed by atoms with E-state index in [4.69, 9.17) is 5.21 Å². The molecule has 0 aliphatic heterocycles. The number of anilines is 1. The van der Waals surface area contributed by atoms with Crippen molar-refractivity contribution in [2.45, 2.75) is 71.8 Å². The molecule has 0 radical (unpaired) electrons. The molecular weight excluding hydrogens is 541 g/mol. The number of carbonyl (C=O) groups excluding carboxylic acids is 3. The Kier molecular flexibility index (Phi) is 10.6. The predicted molar refractivity (Wildman–Crippen MR) is 146 cm³/mol. The molecule has 2 aromatic carbocycles. The molecule has 2 aromatic rings. The summed E-state index contributed by atoms with van der Waals surface area (Å²) in [6, 6.07) is 11.3. The van der Waals surface area contributed by atoms with Gasteiger partial charge in [-0.2, -0.15) is 0 Å². The van der Waals surface area contributed by atoms with Crippen LogP contribution in [0.15, 0.2) is 48.5 Å². The van der Waals surface area contributed by atoms with Gasteiger partial charge in [-0.25, -0.2) is 10.3 Å². The highest BCUT2D eigenvalue weighted by atomic mass is 19.4. The van der Waals surface area contributed by atoms with Crippen molar-refractivity contribution in [2.24, 2.45) is 11.3 Å². The monoisotopic (exact) mass is 578 g/mol. The van der Waals surface area contributed by atoms with Crippen LogP contribution in [0.5, 0.6) is 5.75 Å². The topological polar surface area (TPSA) is 120 Å². The third kappa shape index (κ3) is 9.96. The number of ether oxygens (including phenoxy) is 1. The lowest BCUT2D eigenvalue weighted by Gasteiger charge is -2.41. The van der Waals surface area contributed by atoms with Crippen LogP contribution in [-0.4, -0.2) is 46.9 Å². The number of nitrogens with zero attached hydrogens (tertiary/aromatic N) is 1. The maximum atomic E-state index is 13.5. The van der Waals surface area contributed by atoms with Gasteiger partial charge in [-0.3, -0.25) is 14.8 Å². The maximum absolute atomic E-state index is 13.5. The third-order valence-electron chi connectivity index (χ3n) is 7.29. The van der Waals surface area contributed by atoms with Crippen molar-refractivity contribution >= 4 is 23.5 Å². The first kappa shape index (κ1) is 31.7. The molecule has 12 heteroatoms. The van der Waals surface area contributed by atoms with Gasteiger partial charge in [0.1, 0.15) is 5.75 Å². The highest BCUT2D eigenvalue weighted by molar-refractivity contribution is 5.94. The molecule has 0 atom stereocenters. The molecule has 4 N–H and O–H groups in total. The molecule has 4 amide bonds. The van der Waals surface area contributed by atoms with Gasteiger partial charge in [-0.15, -0.1) is 13.2 Å². The van der Waals surface area contributed by atoms with Crippen LogP contribution in [-0.2, 0) is 11.3 Å². The summed E-state index contributed by atoms with van der Waals surface area (Å²) in [4.78, 5) is 38.7. The van der Waals surface area contributed by atoms with E-state index in [0.29, 0.717) is 17.2 Å². The van der Waals surface area contributed by atoms with Crippen molar-refractivity contribution in [3.63, 3.8) is 0 Å². The van der Waals surface area contributed by atoms with E-state index in [1.807, 2.05) is 0 Å². The van der Waals surface area contributed by atoms with E-state index in [1.165, 1.54) is 17.6 Å². The molecule has 0 aromatic heterocycles. The maximum Gasteiger partial charge on any atom is 0.573 e. The minimum absolute atomic E-state index is 0.0397. The Morgan fingerprint density at radius 3 is 2.10 bits per heavy atom. The highest BCUT2D eigenvalue weighted by Gasteiger charge is 2.34.